The molecule has 3 heterocycles. The molecule has 3 aromatic heterocycles. The maximum absolute atomic E-state index is 14.3. The second kappa shape index (κ2) is 7.53. The molecule has 3 aromatic rings. The maximum Gasteiger partial charge on any atom is 0.213 e. The lowest BCUT2D eigenvalue weighted by Crippen LogP contribution is -2.14. The summed E-state index contributed by atoms with van der Waals surface area (Å²) >= 11 is 0. The van der Waals surface area contributed by atoms with Crippen molar-refractivity contribution in [1.29, 1.82) is 0 Å². The predicted octanol–water partition coefficient (Wildman–Crippen LogP) is 4.24. The zero-order chi connectivity index (χ0) is 18.6. The third kappa shape index (κ3) is 3.65. The van der Waals surface area contributed by atoms with Gasteiger partial charge in [-0.3, -0.25) is 9.67 Å². The molecular formula is C21H19FN4O. The summed E-state index contributed by atoms with van der Waals surface area (Å²) in [4.78, 5) is 8.88. The normalized spacial score (nSPS) is 16.2. The number of allylic oxidation sites excluding steroid dienone is 4. The van der Waals surface area contributed by atoms with E-state index < -0.39 is 6.17 Å². The van der Waals surface area contributed by atoms with Gasteiger partial charge in [0.1, 0.15) is 11.9 Å². The molecule has 0 fully saturated rings. The molecule has 0 bridgehead atoms. The van der Waals surface area contributed by atoms with Crippen molar-refractivity contribution in [2.75, 3.05) is 7.11 Å². The number of halogens is 1. The number of hydrogen-bond donors (Lipinski definition) is 0. The van der Waals surface area contributed by atoms with Crippen LogP contribution in [0, 0.1) is 0 Å². The Morgan fingerprint density at radius 1 is 1.15 bits per heavy atom. The average Bonchev–Trinajstić information content (AvgIpc) is 3.14. The van der Waals surface area contributed by atoms with Crippen LogP contribution in [0.2, 0.25) is 0 Å². The fraction of sp³-hybridized carbons (Fsp3) is 0.190. The van der Waals surface area contributed by atoms with Crippen LogP contribution < -0.4 is 4.74 Å². The zero-order valence-electron chi connectivity index (χ0n) is 14.9. The van der Waals surface area contributed by atoms with Crippen LogP contribution in [0.25, 0.3) is 22.8 Å². The summed E-state index contributed by atoms with van der Waals surface area (Å²) in [5, 5.41) is 4.68. The first kappa shape index (κ1) is 17.1. The first-order valence-corrected chi connectivity index (χ1v) is 8.75. The summed E-state index contributed by atoms with van der Waals surface area (Å²) < 4.78 is 21.3. The molecule has 5 nitrogen and oxygen atoms in total. The van der Waals surface area contributed by atoms with E-state index in [0.717, 1.165) is 17.1 Å². The molecule has 0 aliphatic heterocycles. The SMILES string of the molecule is COc1cccc(-c2cc(-c3ccccn3)nn2CC2=CC=CCC2F)n1. The highest BCUT2D eigenvalue weighted by molar-refractivity contribution is 5.65. The molecule has 1 aliphatic rings. The Hall–Kier alpha value is -3.28. The molecule has 27 heavy (non-hydrogen) atoms. The molecule has 0 saturated heterocycles. The number of pyridine rings is 2. The molecule has 1 aliphatic carbocycles. The number of nitrogens with zero attached hydrogens (tertiary/aromatic N) is 4. The molecule has 1 atom stereocenters. The summed E-state index contributed by atoms with van der Waals surface area (Å²) in [6.07, 6.45) is 6.67. The van der Waals surface area contributed by atoms with E-state index in [1.807, 2.05) is 54.6 Å². The van der Waals surface area contributed by atoms with Gasteiger partial charge in [-0.1, -0.05) is 30.4 Å². The van der Waals surface area contributed by atoms with Gasteiger partial charge in [-0.15, -0.1) is 0 Å². The van der Waals surface area contributed by atoms with Crippen molar-refractivity contribution in [3.05, 3.63) is 72.5 Å². The van der Waals surface area contributed by atoms with Gasteiger partial charge in [-0.25, -0.2) is 9.37 Å². The Kier molecular flexibility index (Phi) is 4.78. The Labute approximate surface area is 156 Å². The van der Waals surface area contributed by atoms with E-state index in [4.69, 9.17) is 4.74 Å². The van der Waals surface area contributed by atoms with Gasteiger partial charge in [0.05, 0.1) is 30.7 Å². The first-order chi connectivity index (χ1) is 13.2. The van der Waals surface area contributed by atoms with E-state index in [0.29, 0.717) is 30.1 Å². The minimum absolute atomic E-state index is 0.354. The molecule has 4 rings (SSSR count). The van der Waals surface area contributed by atoms with Gasteiger partial charge in [0.2, 0.25) is 5.88 Å². The van der Waals surface area contributed by atoms with Crippen LogP contribution in [-0.2, 0) is 6.54 Å². The van der Waals surface area contributed by atoms with Crippen molar-refractivity contribution >= 4 is 0 Å². The molecule has 136 valence electrons. The van der Waals surface area contributed by atoms with Crippen LogP contribution in [-0.4, -0.2) is 33.0 Å². The van der Waals surface area contributed by atoms with E-state index in [9.17, 15) is 4.39 Å². The van der Waals surface area contributed by atoms with Gasteiger partial charge >= 0.3 is 0 Å². The monoisotopic (exact) mass is 362 g/mol. The van der Waals surface area contributed by atoms with Crippen LogP contribution in [0.3, 0.4) is 0 Å². The Morgan fingerprint density at radius 3 is 2.81 bits per heavy atom. The van der Waals surface area contributed by atoms with Gasteiger partial charge in [-0.2, -0.15) is 5.10 Å². The quantitative estimate of drug-likeness (QED) is 0.681. The number of aromatic nitrogens is 4. The van der Waals surface area contributed by atoms with E-state index in [1.165, 1.54) is 0 Å². The number of alkyl halides is 1. The third-order valence-electron chi connectivity index (χ3n) is 4.43. The lowest BCUT2D eigenvalue weighted by molar-refractivity contribution is 0.366. The molecule has 0 N–H and O–H groups in total. The molecule has 0 saturated carbocycles. The number of ether oxygens (including phenoxy) is 1. The lowest BCUT2D eigenvalue weighted by atomic mass is 10.0. The summed E-state index contributed by atoms with van der Waals surface area (Å²) in [5.74, 6) is 0.516. The largest absolute Gasteiger partial charge is 0.481 e. The molecule has 0 aromatic carbocycles. The molecule has 0 spiro atoms. The van der Waals surface area contributed by atoms with E-state index in [2.05, 4.69) is 15.1 Å². The van der Waals surface area contributed by atoms with Gasteiger partial charge in [0.25, 0.3) is 0 Å². The van der Waals surface area contributed by atoms with Crippen molar-refractivity contribution in [2.24, 2.45) is 0 Å². The highest BCUT2D eigenvalue weighted by Gasteiger charge is 2.19. The van der Waals surface area contributed by atoms with Crippen LogP contribution in [0.1, 0.15) is 6.42 Å². The highest BCUT2D eigenvalue weighted by Crippen LogP contribution is 2.27. The van der Waals surface area contributed by atoms with Gasteiger partial charge < -0.3 is 4.74 Å². The second-order valence-corrected chi connectivity index (χ2v) is 6.23. The van der Waals surface area contributed by atoms with Crippen LogP contribution in [0.4, 0.5) is 4.39 Å². The second-order valence-electron chi connectivity index (χ2n) is 6.23. The molecule has 1 unspecified atom stereocenters. The third-order valence-corrected chi connectivity index (χ3v) is 4.43. The van der Waals surface area contributed by atoms with E-state index in [-0.39, 0.29) is 0 Å². The van der Waals surface area contributed by atoms with Gasteiger partial charge in [0.15, 0.2) is 0 Å². The molecular weight excluding hydrogens is 343 g/mol. The Balaban J connectivity index is 1.79. The Bertz CT molecular complexity index is 994. The van der Waals surface area contributed by atoms with E-state index >= 15 is 0 Å². The minimum Gasteiger partial charge on any atom is -0.481 e. The van der Waals surface area contributed by atoms with Crippen molar-refractivity contribution < 1.29 is 9.13 Å². The minimum atomic E-state index is -0.997. The first-order valence-electron chi connectivity index (χ1n) is 8.75. The topological polar surface area (TPSA) is 52.8 Å². The molecule has 0 amide bonds. The van der Waals surface area contributed by atoms with Crippen LogP contribution in [0.5, 0.6) is 5.88 Å². The van der Waals surface area contributed by atoms with Gasteiger partial charge in [0, 0.05) is 18.7 Å². The average molecular weight is 362 g/mol. The number of rotatable bonds is 5. The van der Waals surface area contributed by atoms with Crippen LogP contribution in [0.15, 0.2) is 72.5 Å². The van der Waals surface area contributed by atoms with Crippen molar-refractivity contribution in [3.63, 3.8) is 0 Å². The Morgan fingerprint density at radius 2 is 2.04 bits per heavy atom. The summed E-state index contributed by atoms with van der Waals surface area (Å²) in [5.41, 5.74) is 3.67. The van der Waals surface area contributed by atoms with E-state index in [1.54, 1.807) is 24.1 Å². The highest BCUT2D eigenvalue weighted by atomic mass is 19.1. The number of methoxy groups -OCH3 is 1. The number of hydrogen-bond acceptors (Lipinski definition) is 4. The van der Waals surface area contributed by atoms with Crippen molar-refractivity contribution in [3.8, 4) is 28.7 Å². The summed E-state index contributed by atoms with van der Waals surface area (Å²) in [6.45, 7) is 0.354. The van der Waals surface area contributed by atoms with Gasteiger partial charge in [-0.05, 0) is 29.8 Å². The smallest absolute Gasteiger partial charge is 0.213 e. The standard InChI is InChI=1S/C21H19FN4O/c1-27-21-11-6-10-18(24-21)20-13-19(17-9-4-5-12-23-17)25-26(20)14-15-7-2-3-8-16(15)22/h2-7,9-13,16H,8,14H2,1H3. The van der Waals surface area contributed by atoms with Crippen molar-refractivity contribution in [2.45, 2.75) is 19.1 Å². The summed E-state index contributed by atoms with van der Waals surface area (Å²) in [7, 11) is 1.58. The maximum atomic E-state index is 14.3. The zero-order valence-corrected chi connectivity index (χ0v) is 14.9. The lowest BCUT2D eigenvalue weighted by Gasteiger charge is -2.15. The fourth-order valence-electron chi connectivity index (χ4n) is 3.02. The predicted molar refractivity (Wildman–Crippen MR) is 102 cm³/mol. The molecule has 6 heteroatoms. The van der Waals surface area contributed by atoms with Crippen LogP contribution >= 0.6 is 0 Å². The summed E-state index contributed by atoms with van der Waals surface area (Å²) in [6, 6.07) is 13.1. The molecule has 0 radical (unpaired) electrons. The fourth-order valence-corrected chi connectivity index (χ4v) is 3.02. The van der Waals surface area contributed by atoms with Crippen molar-refractivity contribution in [1.82, 2.24) is 19.7 Å².